The molecule has 6 rings (SSSR count). The van der Waals surface area contributed by atoms with E-state index in [1.54, 1.807) is 16.5 Å². The number of halogens is 4. The average molecular weight is 643 g/mol. The van der Waals surface area contributed by atoms with Gasteiger partial charge in [-0.15, -0.1) is 11.3 Å². The van der Waals surface area contributed by atoms with E-state index in [1.165, 1.54) is 29.5 Å². The lowest BCUT2D eigenvalue weighted by molar-refractivity contribution is 0.0564. The molecule has 3 aliphatic rings. The molecule has 0 spiro atoms. The highest BCUT2D eigenvalue weighted by molar-refractivity contribution is 7.91. The van der Waals surface area contributed by atoms with Crippen LogP contribution in [0.5, 0.6) is 0 Å². The maximum Gasteiger partial charge on any atom is 0.333 e. The normalized spacial score (nSPS) is 22.5. The third-order valence-corrected chi connectivity index (χ3v) is 11.2. The first-order valence-electron chi connectivity index (χ1n) is 13.1. The van der Waals surface area contributed by atoms with Crippen LogP contribution in [0, 0.1) is 5.82 Å². The second-order valence-corrected chi connectivity index (χ2v) is 13.9. The summed E-state index contributed by atoms with van der Waals surface area (Å²) in [6, 6.07) is 3.75. The summed E-state index contributed by atoms with van der Waals surface area (Å²) in [5.41, 5.74) is 1.63. The molecule has 3 aromatic rings. The van der Waals surface area contributed by atoms with Crippen molar-refractivity contribution in [1.29, 1.82) is 0 Å². The van der Waals surface area contributed by atoms with Gasteiger partial charge in [-0.2, -0.15) is 13.9 Å². The van der Waals surface area contributed by atoms with Gasteiger partial charge in [0.25, 0.3) is 0 Å². The molecule has 3 atom stereocenters. The summed E-state index contributed by atoms with van der Waals surface area (Å²) in [7, 11) is -3.92. The molecular weight excluding hydrogens is 617 g/mol. The zero-order valence-electron chi connectivity index (χ0n) is 21.9. The van der Waals surface area contributed by atoms with E-state index in [0.717, 1.165) is 12.3 Å². The molecule has 2 fully saturated rings. The highest BCUT2D eigenvalue weighted by atomic mass is 35.5. The zero-order chi connectivity index (χ0) is 29.8. The average Bonchev–Trinajstić information content (AvgIpc) is 3.33. The molecule has 16 heteroatoms. The number of amidine groups is 1. The molecule has 0 unspecified atom stereocenters. The van der Waals surface area contributed by atoms with Crippen molar-refractivity contribution in [3.63, 3.8) is 0 Å². The zero-order valence-corrected chi connectivity index (χ0v) is 24.3. The van der Waals surface area contributed by atoms with Crippen molar-refractivity contribution in [2.45, 2.75) is 55.2 Å². The fraction of sp³-hybridized carbons (Fsp3) is 0.423. The molecule has 2 aromatic heterocycles. The third kappa shape index (κ3) is 5.26. The molecule has 3 N–H and O–H groups in total. The van der Waals surface area contributed by atoms with Gasteiger partial charge in [0.05, 0.1) is 23.2 Å². The fourth-order valence-corrected chi connectivity index (χ4v) is 8.40. The number of nitrogens with zero attached hydrogens (tertiary/aromatic N) is 5. The number of alkyl halides is 2. The minimum atomic E-state index is -3.92. The Balaban J connectivity index is 1.45. The lowest BCUT2D eigenvalue weighted by Crippen LogP contribution is -2.45. The monoisotopic (exact) mass is 642 g/mol. The smallest absolute Gasteiger partial charge is 0.333 e. The molecule has 1 saturated heterocycles. The van der Waals surface area contributed by atoms with Gasteiger partial charge in [-0.1, -0.05) is 17.7 Å². The Bertz CT molecular complexity index is 1660. The van der Waals surface area contributed by atoms with Gasteiger partial charge in [-0.25, -0.2) is 27.2 Å². The van der Waals surface area contributed by atoms with E-state index in [9.17, 15) is 31.8 Å². The van der Waals surface area contributed by atoms with Crippen LogP contribution < -0.4 is 4.72 Å². The van der Waals surface area contributed by atoms with E-state index in [2.05, 4.69) is 14.8 Å². The van der Waals surface area contributed by atoms with Gasteiger partial charge in [0.15, 0.2) is 10.8 Å². The molecule has 2 aliphatic heterocycles. The van der Waals surface area contributed by atoms with Crippen molar-refractivity contribution >= 4 is 44.4 Å². The highest BCUT2D eigenvalue weighted by Crippen LogP contribution is 2.49. The number of aliphatic hydroxyl groups excluding tert-OH is 2. The summed E-state index contributed by atoms with van der Waals surface area (Å²) in [4.78, 5) is 11.1. The Morgan fingerprint density at radius 2 is 2.05 bits per heavy atom. The van der Waals surface area contributed by atoms with Gasteiger partial charge in [0.2, 0.25) is 10.0 Å². The van der Waals surface area contributed by atoms with Crippen molar-refractivity contribution in [2.75, 3.05) is 13.2 Å². The van der Waals surface area contributed by atoms with E-state index in [1.807, 2.05) is 0 Å². The topological polar surface area (TPSA) is 133 Å². The number of aromatic nitrogens is 3. The molecule has 10 nitrogen and oxygen atoms in total. The number of thiazole rings is 1. The van der Waals surface area contributed by atoms with Crippen LogP contribution in [-0.2, 0) is 10.0 Å². The van der Waals surface area contributed by atoms with Crippen molar-refractivity contribution in [3.05, 3.63) is 74.8 Å². The Kier molecular flexibility index (Phi) is 7.68. The van der Waals surface area contributed by atoms with Gasteiger partial charge >= 0.3 is 6.55 Å². The van der Waals surface area contributed by atoms with Gasteiger partial charge in [0.1, 0.15) is 11.9 Å². The maximum atomic E-state index is 14.0. The van der Waals surface area contributed by atoms with E-state index in [-0.39, 0.29) is 30.1 Å². The summed E-state index contributed by atoms with van der Waals surface area (Å²) in [5.74, 6) is -0.127. The Morgan fingerprint density at radius 3 is 2.67 bits per heavy atom. The minimum Gasteiger partial charge on any atom is -0.394 e. The highest BCUT2D eigenvalue weighted by Gasteiger charge is 2.56. The first kappa shape index (κ1) is 29.3. The van der Waals surface area contributed by atoms with Crippen LogP contribution >= 0.6 is 22.9 Å². The Hall–Kier alpha value is -2.82. The summed E-state index contributed by atoms with van der Waals surface area (Å²) in [6.07, 6.45) is 2.35. The molecule has 1 saturated carbocycles. The van der Waals surface area contributed by atoms with Crippen molar-refractivity contribution in [2.24, 2.45) is 4.99 Å². The summed E-state index contributed by atoms with van der Waals surface area (Å²) in [6.45, 7) is -3.27. The van der Waals surface area contributed by atoms with Gasteiger partial charge in [-0.05, 0) is 37.5 Å². The largest absolute Gasteiger partial charge is 0.394 e. The maximum absolute atomic E-state index is 14.0. The molecule has 224 valence electrons. The first-order valence-corrected chi connectivity index (χ1v) is 15.8. The predicted molar refractivity (Wildman–Crippen MR) is 150 cm³/mol. The van der Waals surface area contributed by atoms with Gasteiger partial charge < -0.3 is 15.1 Å². The van der Waals surface area contributed by atoms with Crippen LogP contribution in [0.3, 0.4) is 0 Å². The summed E-state index contributed by atoms with van der Waals surface area (Å²) in [5, 5.41) is 25.7. The van der Waals surface area contributed by atoms with E-state index >= 15 is 0 Å². The summed E-state index contributed by atoms with van der Waals surface area (Å²) < 4.78 is 70.2. The van der Waals surface area contributed by atoms with Crippen LogP contribution in [-0.4, -0.2) is 74.2 Å². The third-order valence-electron chi connectivity index (χ3n) is 7.74. The van der Waals surface area contributed by atoms with Gasteiger partial charge in [-0.3, -0.25) is 4.99 Å². The molecule has 42 heavy (non-hydrogen) atoms. The lowest BCUT2D eigenvalue weighted by atomic mass is 9.92. The Labute approximate surface area is 248 Å². The second kappa shape index (κ2) is 11.0. The number of aliphatic imine (C=N–C) groups is 1. The van der Waals surface area contributed by atoms with Crippen LogP contribution in [0.25, 0.3) is 5.57 Å². The van der Waals surface area contributed by atoms with Crippen LogP contribution in [0.15, 0.2) is 52.7 Å². The SMILES string of the molecule is O=S(=O)(N[C@H]1CC2=C(c3ccn(C(F)F)n3)[C@H](c3ccc(F)cc3Cl)N=C(c3nccs3)N2C1)C1(C[C@@H](O)CO)CC1. The number of sulfonamides is 1. The number of hydrogen-bond acceptors (Lipinski definition) is 9. The molecule has 0 bridgehead atoms. The summed E-state index contributed by atoms with van der Waals surface area (Å²) >= 11 is 7.80. The standard InChI is InChI=1S/C26H26ClF3N6O4S2/c27-18-9-14(28)1-2-17(18)22-21(19-3-7-36(33-19)25(29)30)20-10-15(12-35(20)23(32-22)24-31-6-8-41-24)34-42(39,40)26(4-5-26)11-16(38)13-37/h1-3,6-9,15-16,22,25,34,37-38H,4-5,10-13H2/t15-,16+,22-/m0/s1. The number of hydrogen-bond donors (Lipinski definition) is 3. The van der Waals surface area contributed by atoms with Crippen molar-refractivity contribution in [3.8, 4) is 0 Å². The fourth-order valence-electron chi connectivity index (χ4n) is 5.59. The molecule has 0 amide bonds. The minimum absolute atomic E-state index is 0.0791. The molecule has 0 radical (unpaired) electrons. The number of benzene rings is 1. The second-order valence-electron chi connectivity index (χ2n) is 10.5. The number of aliphatic hydroxyl groups is 2. The molecule has 4 heterocycles. The van der Waals surface area contributed by atoms with Gasteiger partial charge in [0, 0.05) is 58.6 Å². The number of fused-ring (bicyclic) bond motifs is 1. The van der Waals surface area contributed by atoms with E-state index in [4.69, 9.17) is 16.6 Å². The quantitative estimate of drug-likeness (QED) is 0.307. The van der Waals surface area contributed by atoms with E-state index in [0.29, 0.717) is 45.2 Å². The molecule has 1 aromatic carbocycles. The predicted octanol–water partition coefficient (Wildman–Crippen LogP) is 3.71. The molecular formula is C26H26ClF3N6O4S2. The van der Waals surface area contributed by atoms with Crippen LogP contribution in [0.2, 0.25) is 5.02 Å². The first-order chi connectivity index (χ1) is 20.0. The van der Waals surface area contributed by atoms with Crippen LogP contribution in [0.4, 0.5) is 13.2 Å². The Morgan fingerprint density at radius 1 is 1.26 bits per heavy atom. The van der Waals surface area contributed by atoms with E-state index < -0.39 is 51.9 Å². The number of rotatable bonds is 10. The van der Waals surface area contributed by atoms with Crippen molar-refractivity contribution < 1.29 is 31.8 Å². The van der Waals surface area contributed by atoms with Crippen molar-refractivity contribution in [1.82, 2.24) is 24.4 Å². The van der Waals surface area contributed by atoms with Crippen LogP contribution in [0.1, 0.15) is 54.5 Å². The number of nitrogens with one attached hydrogen (secondary N) is 1. The molecule has 1 aliphatic carbocycles. The lowest BCUT2D eigenvalue weighted by Gasteiger charge is -2.32.